The van der Waals surface area contributed by atoms with Crippen LogP contribution in [0, 0.1) is 0 Å². The Labute approximate surface area is 106 Å². The smallest absolute Gasteiger partial charge is 0.178 e. The molecule has 0 radical (unpaired) electrons. The van der Waals surface area contributed by atoms with E-state index in [0.717, 1.165) is 15.6 Å². The van der Waals surface area contributed by atoms with Gasteiger partial charge in [-0.1, -0.05) is 28.1 Å². The van der Waals surface area contributed by atoms with E-state index >= 15 is 0 Å². The maximum Gasteiger partial charge on any atom is 0.178 e. The lowest BCUT2D eigenvalue weighted by Gasteiger charge is -2.02. The lowest BCUT2D eigenvalue weighted by Crippen LogP contribution is -1.93. The van der Waals surface area contributed by atoms with E-state index in [2.05, 4.69) is 26.0 Å². The average Bonchev–Trinajstić information content (AvgIpc) is 2.71. The zero-order valence-electron chi connectivity index (χ0n) is 8.84. The SMILES string of the molecule is Nc1cnn2cc(-c3cccc(Br)c3)cnc12. The van der Waals surface area contributed by atoms with Crippen LogP contribution in [0.4, 0.5) is 5.69 Å². The number of rotatable bonds is 1. The van der Waals surface area contributed by atoms with Gasteiger partial charge in [-0.2, -0.15) is 5.10 Å². The molecule has 0 atom stereocenters. The fourth-order valence-corrected chi connectivity index (χ4v) is 2.11. The summed E-state index contributed by atoms with van der Waals surface area (Å²) in [5, 5.41) is 4.14. The monoisotopic (exact) mass is 288 g/mol. The zero-order chi connectivity index (χ0) is 11.8. The van der Waals surface area contributed by atoms with Crippen LogP contribution in [0.2, 0.25) is 0 Å². The van der Waals surface area contributed by atoms with Crippen LogP contribution in [0.1, 0.15) is 0 Å². The van der Waals surface area contributed by atoms with E-state index in [1.54, 1.807) is 16.9 Å². The highest BCUT2D eigenvalue weighted by Crippen LogP contribution is 2.23. The van der Waals surface area contributed by atoms with Crippen molar-refractivity contribution in [1.82, 2.24) is 14.6 Å². The molecule has 2 heterocycles. The molecule has 0 aliphatic rings. The van der Waals surface area contributed by atoms with Gasteiger partial charge in [0.05, 0.1) is 11.9 Å². The maximum absolute atomic E-state index is 5.74. The number of anilines is 1. The van der Waals surface area contributed by atoms with Crippen molar-refractivity contribution in [3.8, 4) is 11.1 Å². The third kappa shape index (κ3) is 1.78. The minimum absolute atomic E-state index is 0.589. The van der Waals surface area contributed by atoms with Crippen molar-refractivity contribution in [1.29, 1.82) is 0 Å². The first-order valence-electron chi connectivity index (χ1n) is 5.09. The van der Waals surface area contributed by atoms with Gasteiger partial charge in [0.1, 0.15) is 0 Å². The molecular weight excluding hydrogens is 280 g/mol. The third-order valence-corrected chi connectivity index (χ3v) is 3.03. The minimum Gasteiger partial charge on any atom is -0.394 e. The highest BCUT2D eigenvalue weighted by atomic mass is 79.9. The van der Waals surface area contributed by atoms with E-state index in [-0.39, 0.29) is 0 Å². The van der Waals surface area contributed by atoms with Gasteiger partial charge in [-0.05, 0) is 17.7 Å². The molecule has 5 heteroatoms. The van der Waals surface area contributed by atoms with Gasteiger partial charge < -0.3 is 5.73 Å². The maximum atomic E-state index is 5.74. The number of aromatic nitrogens is 3. The van der Waals surface area contributed by atoms with Crippen LogP contribution in [0.15, 0.2) is 47.3 Å². The van der Waals surface area contributed by atoms with Crippen LogP contribution in [-0.2, 0) is 0 Å². The summed E-state index contributed by atoms with van der Waals surface area (Å²) < 4.78 is 2.72. The van der Waals surface area contributed by atoms with E-state index in [1.807, 2.05) is 30.5 Å². The molecular formula is C12H9BrN4. The second-order valence-electron chi connectivity index (χ2n) is 3.72. The standard InChI is InChI=1S/C12H9BrN4/c13-10-3-1-2-8(4-10)9-5-15-12-11(14)6-16-17(12)7-9/h1-7H,14H2. The third-order valence-electron chi connectivity index (χ3n) is 2.54. The summed E-state index contributed by atoms with van der Waals surface area (Å²) in [7, 11) is 0. The fraction of sp³-hybridized carbons (Fsp3) is 0. The number of nitrogens with two attached hydrogens (primary N) is 1. The summed E-state index contributed by atoms with van der Waals surface area (Å²) in [5.74, 6) is 0. The molecule has 4 nitrogen and oxygen atoms in total. The van der Waals surface area contributed by atoms with Crippen LogP contribution in [0.3, 0.4) is 0 Å². The van der Waals surface area contributed by atoms with Gasteiger partial charge in [0.25, 0.3) is 0 Å². The first kappa shape index (κ1) is 10.3. The lowest BCUT2D eigenvalue weighted by atomic mass is 10.1. The number of hydrogen-bond acceptors (Lipinski definition) is 3. The number of halogens is 1. The van der Waals surface area contributed by atoms with Crippen LogP contribution < -0.4 is 5.73 Å². The molecule has 0 unspecified atom stereocenters. The second-order valence-corrected chi connectivity index (χ2v) is 4.64. The number of fused-ring (bicyclic) bond motifs is 1. The molecule has 3 aromatic rings. The van der Waals surface area contributed by atoms with Crippen molar-refractivity contribution >= 4 is 27.3 Å². The summed E-state index contributed by atoms with van der Waals surface area (Å²) in [5.41, 5.74) is 9.10. The van der Waals surface area contributed by atoms with Gasteiger partial charge in [0.2, 0.25) is 0 Å². The molecule has 0 fully saturated rings. The molecule has 1 aromatic carbocycles. The molecule has 17 heavy (non-hydrogen) atoms. The molecule has 0 bridgehead atoms. The normalized spacial score (nSPS) is 10.9. The van der Waals surface area contributed by atoms with E-state index in [0.29, 0.717) is 11.3 Å². The minimum atomic E-state index is 0.589. The molecule has 0 aliphatic carbocycles. The van der Waals surface area contributed by atoms with Gasteiger partial charge in [-0.3, -0.25) is 0 Å². The Kier molecular flexibility index (Phi) is 2.33. The average molecular weight is 289 g/mol. The molecule has 0 saturated carbocycles. The summed E-state index contributed by atoms with van der Waals surface area (Å²) >= 11 is 3.45. The molecule has 3 rings (SSSR count). The Morgan fingerprint density at radius 1 is 1.18 bits per heavy atom. The van der Waals surface area contributed by atoms with Crippen molar-refractivity contribution < 1.29 is 0 Å². The first-order valence-corrected chi connectivity index (χ1v) is 5.88. The number of hydrogen-bond donors (Lipinski definition) is 1. The van der Waals surface area contributed by atoms with Crippen LogP contribution in [0.25, 0.3) is 16.8 Å². The van der Waals surface area contributed by atoms with Gasteiger partial charge in [-0.25, -0.2) is 9.50 Å². The molecule has 2 aromatic heterocycles. The van der Waals surface area contributed by atoms with Gasteiger partial charge in [0, 0.05) is 22.4 Å². The van der Waals surface area contributed by atoms with Crippen molar-refractivity contribution in [3.05, 3.63) is 47.3 Å². The Bertz CT molecular complexity index is 690. The van der Waals surface area contributed by atoms with E-state index in [9.17, 15) is 0 Å². The van der Waals surface area contributed by atoms with E-state index in [1.165, 1.54) is 0 Å². The molecule has 0 spiro atoms. The predicted octanol–water partition coefficient (Wildman–Crippen LogP) is 2.74. The van der Waals surface area contributed by atoms with Crippen molar-refractivity contribution in [2.45, 2.75) is 0 Å². The Hall–Kier alpha value is -1.88. The Balaban J connectivity index is 2.18. The molecule has 84 valence electrons. The Morgan fingerprint density at radius 3 is 2.88 bits per heavy atom. The quantitative estimate of drug-likeness (QED) is 0.749. The zero-order valence-corrected chi connectivity index (χ0v) is 10.4. The summed E-state index contributed by atoms with van der Waals surface area (Å²) in [6.45, 7) is 0. The molecule has 0 aliphatic heterocycles. The van der Waals surface area contributed by atoms with E-state index < -0.39 is 0 Å². The van der Waals surface area contributed by atoms with Gasteiger partial charge in [-0.15, -0.1) is 0 Å². The van der Waals surface area contributed by atoms with Crippen molar-refractivity contribution in [2.75, 3.05) is 5.73 Å². The molecule has 0 saturated heterocycles. The van der Waals surface area contributed by atoms with Gasteiger partial charge in [0.15, 0.2) is 5.65 Å². The summed E-state index contributed by atoms with van der Waals surface area (Å²) in [6.07, 6.45) is 5.32. The number of nitrogen functional groups attached to an aromatic ring is 1. The highest BCUT2D eigenvalue weighted by molar-refractivity contribution is 9.10. The lowest BCUT2D eigenvalue weighted by molar-refractivity contribution is 0.941. The molecule has 0 amide bonds. The van der Waals surface area contributed by atoms with Crippen molar-refractivity contribution in [3.63, 3.8) is 0 Å². The molecule has 2 N–H and O–H groups in total. The first-order chi connectivity index (χ1) is 8.24. The summed E-state index contributed by atoms with van der Waals surface area (Å²) in [6, 6.07) is 8.04. The predicted molar refractivity (Wildman–Crippen MR) is 70.5 cm³/mol. The highest BCUT2D eigenvalue weighted by Gasteiger charge is 2.04. The van der Waals surface area contributed by atoms with E-state index in [4.69, 9.17) is 5.73 Å². The fourth-order valence-electron chi connectivity index (χ4n) is 1.71. The number of benzene rings is 1. The van der Waals surface area contributed by atoms with Crippen LogP contribution >= 0.6 is 15.9 Å². The topological polar surface area (TPSA) is 56.2 Å². The largest absolute Gasteiger partial charge is 0.394 e. The number of nitrogens with zero attached hydrogens (tertiary/aromatic N) is 3. The Morgan fingerprint density at radius 2 is 2.06 bits per heavy atom. The second kappa shape index (κ2) is 3.85. The van der Waals surface area contributed by atoms with Crippen LogP contribution in [-0.4, -0.2) is 14.6 Å². The van der Waals surface area contributed by atoms with Gasteiger partial charge >= 0.3 is 0 Å². The van der Waals surface area contributed by atoms with Crippen LogP contribution in [0.5, 0.6) is 0 Å². The summed E-state index contributed by atoms with van der Waals surface area (Å²) in [4.78, 5) is 4.31. The van der Waals surface area contributed by atoms with Crippen molar-refractivity contribution in [2.24, 2.45) is 0 Å².